The zero-order valence-corrected chi connectivity index (χ0v) is 16.9. The summed E-state index contributed by atoms with van der Waals surface area (Å²) in [5.74, 6) is -0.971. The Balaban J connectivity index is 1.85. The first-order valence-electron chi connectivity index (χ1n) is 8.95. The SMILES string of the molecule is CN1CCCN(Cc2ccc(-c3ccc(C(=O)O)cc3Br)c(C#N)c2)CC1. The van der Waals surface area contributed by atoms with Crippen molar-refractivity contribution in [3.8, 4) is 17.2 Å². The number of halogens is 1. The van der Waals surface area contributed by atoms with E-state index in [9.17, 15) is 10.1 Å². The quantitative estimate of drug-likeness (QED) is 0.802. The highest BCUT2D eigenvalue weighted by Gasteiger charge is 2.15. The summed E-state index contributed by atoms with van der Waals surface area (Å²) < 4.78 is 0.669. The van der Waals surface area contributed by atoms with Gasteiger partial charge in [-0.05, 0) is 55.9 Å². The molecule has 5 nitrogen and oxygen atoms in total. The van der Waals surface area contributed by atoms with Crippen LogP contribution >= 0.6 is 15.9 Å². The number of nitriles is 1. The molecule has 1 heterocycles. The lowest BCUT2D eigenvalue weighted by atomic mass is 9.97. The topological polar surface area (TPSA) is 67.6 Å². The van der Waals surface area contributed by atoms with Gasteiger partial charge < -0.3 is 10.0 Å². The largest absolute Gasteiger partial charge is 0.478 e. The molecule has 0 radical (unpaired) electrons. The fraction of sp³-hybridized carbons (Fsp3) is 0.333. The number of carbonyl (C=O) groups is 1. The van der Waals surface area contributed by atoms with E-state index in [-0.39, 0.29) is 5.56 Å². The number of rotatable bonds is 4. The van der Waals surface area contributed by atoms with E-state index in [2.05, 4.69) is 44.9 Å². The molecule has 6 heteroatoms. The Labute approximate surface area is 168 Å². The average molecular weight is 428 g/mol. The fourth-order valence-electron chi connectivity index (χ4n) is 3.40. The number of hydrogen-bond donors (Lipinski definition) is 1. The summed E-state index contributed by atoms with van der Waals surface area (Å²) in [6, 6.07) is 13.1. The van der Waals surface area contributed by atoms with Gasteiger partial charge in [-0.3, -0.25) is 4.90 Å². The predicted octanol–water partition coefficient (Wildman–Crippen LogP) is 3.82. The van der Waals surface area contributed by atoms with Crippen molar-refractivity contribution < 1.29 is 9.90 Å². The molecule has 27 heavy (non-hydrogen) atoms. The fourth-order valence-corrected chi connectivity index (χ4v) is 3.99. The summed E-state index contributed by atoms with van der Waals surface area (Å²) in [5, 5.41) is 18.8. The maximum Gasteiger partial charge on any atom is 0.335 e. The van der Waals surface area contributed by atoms with Crippen LogP contribution in [0.5, 0.6) is 0 Å². The maximum atomic E-state index is 11.1. The molecule has 2 aromatic carbocycles. The molecule has 140 valence electrons. The summed E-state index contributed by atoms with van der Waals surface area (Å²) in [4.78, 5) is 15.9. The van der Waals surface area contributed by atoms with E-state index in [0.29, 0.717) is 10.0 Å². The molecule has 0 amide bonds. The molecule has 0 aromatic heterocycles. The van der Waals surface area contributed by atoms with Crippen molar-refractivity contribution in [2.24, 2.45) is 0 Å². The molecule has 2 aromatic rings. The molecule has 1 aliphatic heterocycles. The first-order chi connectivity index (χ1) is 13.0. The highest BCUT2D eigenvalue weighted by atomic mass is 79.9. The van der Waals surface area contributed by atoms with E-state index in [1.807, 2.05) is 12.1 Å². The Kier molecular flexibility index (Phi) is 6.27. The number of likely N-dealkylation sites (N-methyl/N-ethyl adjacent to an activating group) is 1. The second-order valence-corrected chi connectivity index (χ2v) is 7.78. The summed E-state index contributed by atoms with van der Waals surface area (Å²) in [6.45, 7) is 5.12. The van der Waals surface area contributed by atoms with Crippen molar-refractivity contribution in [3.05, 3.63) is 57.6 Å². The second-order valence-electron chi connectivity index (χ2n) is 6.92. The molecule has 0 aliphatic carbocycles. The number of nitrogens with zero attached hydrogens (tertiary/aromatic N) is 3. The number of carboxylic acid groups (broad SMARTS) is 1. The Morgan fingerprint density at radius 2 is 1.93 bits per heavy atom. The molecule has 1 saturated heterocycles. The summed E-state index contributed by atoms with van der Waals surface area (Å²) in [5.41, 5.74) is 3.56. The highest BCUT2D eigenvalue weighted by molar-refractivity contribution is 9.10. The first kappa shape index (κ1) is 19.6. The number of hydrogen-bond acceptors (Lipinski definition) is 4. The zero-order valence-electron chi connectivity index (χ0n) is 15.3. The van der Waals surface area contributed by atoms with Crippen LogP contribution in [-0.4, -0.2) is 54.1 Å². The molecule has 0 atom stereocenters. The van der Waals surface area contributed by atoms with E-state index in [1.165, 1.54) is 0 Å². The van der Waals surface area contributed by atoms with Crippen LogP contribution in [0.25, 0.3) is 11.1 Å². The molecular formula is C21H22BrN3O2. The minimum atomic E-state index is -0.971. The lowest BCUT2D eigenvalue weighted by Crippen LogP contribution is -2.28. The van der Waals surface area contributed by atoms with Gasteiger partial charge in [-0.25, -0.2) is 4.79 Å². The van der Waals surface area contributed by atoms with Gasteiger partial charge in [0.05, 0.1) is 17.2 Å². The van der Waals surface area contributed by atoms with Crippen LogP contribution in [0.2, 0.25) is 0 Å². The molecule has 0 saturated carbocycles. The smallest absolute Gasteiger partial charge is 0.335 e. The van der Waals surface area contributed by atoms with Gasteiger partial charge in [0.25, 0.3) is 0 Å². The van der Waals surface area contributed by atoms with Gasteiger partial charge in [0.1, 0.15) is 0 Å². The zero-order chi connectivity index (χ0) is 19.4. The molecule has 0 unspecified atom stereocenters. The molecule has 0 spiro atoms. The third kappa shape index (κ3) is 4.75. The van der Waals surface area contributed by atoms with Gasteiger partial charge in [-0.15, -0.1) is 0 Å². The standard InChI is InChI=1S/C21H22BrN3O2/c1-24-7-2-8-25(10-9-24)14-15-3-5-18(17(11-15)13-23)19-6-4-16(21(26)27)12-20(19)22/h3-6,11-12H,2,7-10,14H2,1H3,(H,26,27). The van der Waals surface area contributed by atoms with Crippen LogP contribution < -0.4 is 0 Å². The third-order valence-electron chi connectivity index (χ3n) is 4.93. The molecular weight excluding hydrogens is 406 g/mol. The lowest BCUT2D eigenvalue weighted by Gasteiger charge is -2.20. The molecule has 1 N–H and O–H groups in total. The monoisotopic (exact) mass is 427 g/mol. The molecule has 0 bridgehead atoms. The van der Waals surface area contributed by atoms with Crippen LogP contribution in [0.1, 0.15) is 27.9 Å². The van der Waals surface area contributed by atoms with E-state index in [1.54, 1.807) is 18.2 Å². The Bertz CT molecular complexity index is 891. The molecule has 1 fully saturated rings. The number of carboxylic acids is 1. The van der Waals surface area contributed by atoms with Crippen LogP contribution in [0.3, 0.4) is 0 Å². The van der Waals surface area contributed by atoms with Crippen molar-refractivity contribution in [1.82, 2.24) is 9.80 Å². The summed E-state index contributed by atoms with van der Waals surface area (Å²) >= 11 is 3.44. The van der Waals surface area contributed by atoms with Crippen molar-refractivity contribution >= 4 is 21.9 Å². The van der Waals surface area contributed by atoms with E-state index < -0.39 is 5.97 Å². The maximum absolute atomic E-state index is 11.1. The van der Waals surface area contributed by atoms with E-state index in [0.717, 1.165) is 55.8 Å². The minimum Gasteiger partial charge on any atom is -0.478 e. The number of aromatic carboxylic acids is 1. The van der Waals surface area contributed by atoms with Crippen molar-refractivity contribution in [2.45, 2.75) is 13.0 Å². The lowest BCUT2D eigenvalue weighted by molar-refractivity contribution is 0.0697. The van der Waals surface area contributed by atoms with Gasteiger partial charge in [-0.2, -0.15) is 5.26 Å². The Hall–Kier alpha value is -2.20. The van der Waals surface area contributed by atoms with Gasteiger partial charge in [0, 0.05) is 29.7 Å². The summed E-state index contributed by atoms with van der Waals surface area (Å²) in [7, 11) is 2.15. The Morgan fingerprint density at radius 3 is 2.63 bits per heavy atom. The molecule has 1 aliphatic rings. The van der Waals surface area contributed by atoms with Gasteiger partial charge in [0.2, 0.25) is 0 Å². The van der Waals surface area contributed by atoms with Gasteiger partial charge >= 0.3 is 5.97 Å². The first-order valence-corrected chi connectivity index (χ1v) is 9.74. The van der Waals surface area contributed by atoms with E-state index in [4.69, 9.17) is 5.11 Å². The average Bonchev–Trinajstić information content (AvgIpc) is 2.86. The van der Waals surface area contributed by atoms with Crippen molar-refractivity contribution in [1.29, 1.82) is 5.26 Å². The molecule has 3 rings (SSSR count). The van der Waals surface area contributed by atoms with Crippen LogP contribution in [0, 0.1) is 11.3 Å². The van der Waals surface area contributed by atoms with Gasteiger partial charge in [0.15, 0.2) is 0 Å². The Morgan fingerprint density at radius 1 is 1.15 bits per heavy atom. The van der Waals surface area contributed by atoms with E-state index >= 15 is 0 Å². The van der Waals surface area contributed by atoms with Crippen molar-refractivity contribution in [2.75, 3.05) is 33.2 Å². The third-order valence-corrected chi connectivity index (χ3v) is 5.59. The van der Waals surface area contributed by atoms with Crippen molar-refractivity contribution in [3.63, 3.8) is 0 Å². The van der Waals surface area contributed by atoms with Crippen LogP contribution in [-0.2, 0) is 6.54 Å². The van der Waals surface area contributed by atoms with Crippen LogP contribution in [0.15, 0.2) is 40.9 Å². The summed E-state index contributed by atoms with van der Waals surface area (Å²) in [6.07, 6.45) is 1.16. The highest BCUT2D eigenvalue weighted by Crippen LogP contribution is 2.32. The van der Waals surface area contributed by atoms with Crippen LogP contribution in [0.4, 0.5) is 0 Å². The minimum absolute atomic E-state index is 0.215. The normalized spacial score (nSPS) is 15.9. The predicted molar refractivity (Wildman–Crippen MR) is 109 cm³/mol. The van der Waals surface area contributed by atoms with Gasteiger partial charge in [-0.1, -0.05) is 34.1 Å². The number of benzene rings is 2. The second kappa shape index (κ2) is 8.66.